The first-order valence-corrected chi connectivity index (χ1v) is 4.65. The zero-order valence-corrected chi connectivity index (χ0v) is 8.17. The van der Waals surface area contributed by atoms with E-state index in [0.717, 1.165) is 16.2 Å². The molecule has 0 fully saturated rings. The molecule has 0 saturated heterocycles. The van der Waals surface area contributed by atoms with Crippen LogP contribution in [0.25, 0.3) is 10.2 Å². The molecule has 2 rings (SSSR count). The van der Waals surface area contributed by atoms with Crippen LogP contribution in [-0.2, 0) is 0 Å². The van der Waals surface area contributed by atoms with E-state index in [1.54, 1.807) is 12.1 Å². The monoisotopic (exact) mass is 230 g/mol. The van der Waals surface area contributed by atoms with Crippen LogP contribution in [0.3, 0.4) is 0 Å². The average molecular weight is 231 g/mol. The lowest BCUT2D eigenvalue weighted by Crippen LogP contribution is -2.03. The van der Waals surface area contributed by atoms with E-state index < -0.39 is 6.16 Å². The second-order valence-electron chi connectivity index (χ2n) is 2.36. The van der Waals surface area contributed by atoms with E-state index in [4.69, 9.17) is 16.7 Å². The van der Waals surface area contributed by atoms with E-state index in [0.29, 0.717) is 5.52 Å². The van der Waals surface area contributed by atoms with Gasteiger partial charge in [-0.15, -0.1) is 5.10 Å². The molecule has 0 radical (unpaired) electrons. The SMILES string of the molecule is O=C(O)Oc1c(Cl)ccc2snnc12. The Morgan fingerprint density at radius 3 is 3.07 bits per heavy atom. The molecule has 14 heavy (non-hydrogen) atoms. The maximum absolute atomic E-state index is 10.4. The molecule has 1 N–H and O–H groups in total. The summed E-state index contributed by atoms with van der Waals surface area (Å²) in [6.45, 7) is 0. The molecule has 0 aliphatic heterocycles. The molecule has 0 bridgehead atoms. The largest absolute Gasteiger partial charge is 0.511 e. The topological polar surface area (TPSA) is 72.3 Å². The number of benzene rings is 1. The van der Waals surface area contributed by atoms with E-state index in [1.807, 2.05) is 0 Å². The average Bonchev–Trinajstić information content (AvgIpc) is 2.57. The fraction of sp³-hybridized carbons (Fsp3) is 0. The Morgan fingerprint density at radius 1 is 1.57 bits per heavy atom. The van der Waals surface area contributed by atoms with Crippen molar-refractivity contribution in [2.75, 3.05) is 0 Å². The van der Waals surface area contributed by atoms with E-state index in [2.05, 4.69) is 14.3 Å². The quantitative estimate of drug-likeness (QED) is 0.602. The molecule has 0 spiro atoms. The first kappa shape index (κ1) is 9.17. The van der Waals surface area contributed by atoms with Crippen molar-refractivity contribution in [1.29, 1.82) is 0 Å². The van der Waals surface area contributed by atoms with Crippen molar-refractivity contribution in [2.24, 2.45) is 0 Å². The molecule has 0 atom stereocenters. The van der Waals surface area contributed by atoms with Crippen LogP contribution in [0.4, 0.5) is 4.79 Å². The van der Waals surface area contributed by atoms with E-state index >= 15 is 0 Å². The molecule has 1 aromatic heterocycles. The van der Waals surface area contributed by atoms with Crippen molar-refractivity contribution in [2.45, 2.75) is 0 Å². The standard InChI is InChI=1S/C7H3ClN2O3S/c8-3-1-2-4-5(9-10-14-4)6(3)13-7(11)12/h1-2H,(H,11,12). The molecule has 7 heteroatoms. The summed E-state index contributed by atoms with van der Waals surface area (Å²) in [7, 11) is 0. The van der Waals surface area contributed by atoms with E-state index in [9.17, 15) is 4.79 Å². The first-order valence-electron chi connectivity index (χ1n) is 3.50. The highest BCUT2D eigenvalue weighted by Gasteiger charge is 2.13. The van der Waals surface area contributed by atoms with Gasteiger partial charge in [-0.2, -0.15) is 0 Å². The Morgan fingerprint density at radius 2 is 2.36 bits per heavy atom. The summed E-state index contributed by atoms with van der Waals surface area (Å²) in [6, 6.07) is 3.25. The highest BCUT2D eigenvalue weighted by molar-refractivity contribution is 7.13. The third kappa shape index (κ3) is 1.49. The van der Waals surface area contributed by atoms with Crippen LogP contribution in [0.5, 0.6) is 5.75 Å². The Kier molecular flexibility index (Phi) is 2.22. The van der Waals surface area contributed by atoms with Crippen molar-refractivity contribution >= 4 is 39.5 Å². The van der Waals surface area contributed by atoms with Gasteiger partial charge in [0.2, 0.25) is 0 Å². The predicted molar refractivity (Wildman–Crippen MR) is 51.1 cm³/mol. The van der Waals surface area contributed by atoms with Gasteiger partial charge in [0.25, 0.3) is 0 Å². The first-order chi connectivity index (χ1) is 6.68. The zero-order chi connectivity index (χ0) is 10.1. The van der Waals surface area contributed by atoms with Gasteiger partial charge in [-0.1, -0.05) is 16.1 Å². The number of halogens is 1. The van der Waals surface area contributed by atoms with Crippen molar-refractivity contribution in [1.82, 2.24) is 9.59 Å². The van der Waals surface area contributed by atoms with Crippen molar-refractivity contribution < 1.29 is 14.6 Å². The number of rotatable bonds is 1. The summed E-state index contributed by atoms with van der Waals surface area (Å²) in [6.07, 6.45) is -1.42. The lowest BCUT2D eigenvalue weighted by atomic mass is 10.3. The molecule has 1 aromatic carbocycles. The third-order valence-electron chi connectivity index (χ3n) is 1.52. The molecule has 0 aliphatic rings. The fourth-order valence-electron chi connectivity index (χ4n) is 0.986. The Bertz CT molecular complexity index is 499. The molecule has 0 saturated carbocycles. The van der Waals surface area contributed by atoms with Gasteiger partial charge in [-0.3, -0.25) is 0 Å². The maximum Gasteiger partial charge on any atom is 0.511 e. The minimum Gasteiger partial charge on any atom is -0.449 e. The van der Waals surface area contributed by atoms with Gasteiger partial charge in [-0.25, -0.2) is 4.79 Å². The number of hydrogen-bond acceptors (Lipinski definition) is 5. The summed E-state index contributed by atoms with van der Waals surface area (Å²) in [4.78, 5) is 10.4. The molecular formula is C7H3ClN2O3S. The Balaban J connectivity index is 2.64. The number of carbonyl (C=O) groups is 1. The van der Waals surface area contributed by atoms with Crippen LogP contribution in [0.15, 0.2) is 12.1 Å². The highest BCUT2D eigenvalue weighted by Crippen LogP contribution is 2.33. The van der Waals surface area contributed by atoms with Crippen molar-refractivity contribution in [3.8, 4) is 5.75 Å². The molecule has 5 nitrogen and oxygen atoms in total. The van der Waals surface area contributed by atoms with Crippen LogP contribution < -0.4 is 4.74 Å². The third-order valence-corrected chi connectivity index (χ3v) is 2.50. The van der Waals surface area contributed by atoms with Crippen LogP contribution in [0, 0.1) is 0 Å². The number of ether oxygens (including phenoxy) is 1. The normalized spacial score (nSPS) is 10.4. The van der Waals surface area contributed by atoms with Crippen LogP contribution in [0.1, 0.15) is 0 Å². The smallest absolute Gasteiger partial charge is 0.449 e. The van der Waals surface area contributed by atoms with Crippen molar-refractivity contribution in [3.63, 3.8) is 0 Å². The van der Waals surface area contributed by atoms with E-state index in [1.165, 1.54) is 0 Å². The zero-order valence-electron chi connectivity index (χ0n) is 6.60. The lowest BCUT2D eigenvalue weighted by Gasteiger charge is -2.01. The minimum absolute atomic E-state index is 0.0328. The minimum atomic E-state index is -1.42. The fourth-order valence-corrected chi connectivity index (χ4v) is 1.74. The molecule has 1 heterocycles. The molecule has 0 aliphatic carbocycles. The summed E-state index contributed by atoms with van der Waals surface area (Å²) in [5.41, 5.74) is 0.366. The Hall–Kier alpha value is -1.40. The van der Waals surface area contributed by atoms with Gasteiger partial charge < -0.3 is 9.84 Å². The van der Waals surface area contributed by atoms with Crippen LogP contribution in [-0.4, -0.2) is 20.8 Å². The van der Waals surface area contributed by atoms with E-state index in [-0.39, 0.29) is 10.8 Å². The molecular weight excluding hydrogens is 228 g/mol. The Labute approximate surface area is 87.0 Å². The molecule has 72 valence electrons. The van der Waals surface area contributed by atoms with Gasteiger partial charge in [0, 0.05) is 0 Å². The molecule has 0 amide bonds. The summed E-state index contributed by atoms with van der Waals surface area (Å²) >= 11 is 6.90. The van der Waals surface area contributed by atoms with Gasteiger partial charge in [0.15, 0.2) is 5.75 Å². The van der Waals surface area contributed by atoms with Crippen molar-refractivity contribution in [3.05, 3.63) is 17.2 Å². The van der Waals surface area contributed by atoms with Gasteiger partial charge in [0.1, 0.15) is 5.52 Å². The number of hydrogen-bond donors (Lipinski definition) is 1. The van der Waals surface area contributed by atoms with Crippen LogP contribution in [0.2, 0.25) is 5.02 Å². The van der Waals surface area contributed by atoms with Gasteiger partial charge in [0.05, 0.1) is 9.72 Å². The summed E-state index contributed by atoms with van der Waals surface area (Å²) in [5, 5.41) is 12.4. The maximum atomic E-state index is 10.4. The summed E-state index contributed by atoms with van der Waals surface area (Å²) < 4.78 is 8.90. The number of nitrogens with zero attached hydrogens (tertiary/aromatic N) is 2. The highest BCUT2D eigenvalue weighted by atomic mass is 35.5. The second kappa shape index (κ2) is 3.39. The number of fused-ring (bicyclic) bond motifs is 1. The van der Waals surface area contributed by atoms with Gasteiger partial charge >= 0.3 is 6.16 Å². The van der Waals surface area contributed by atoms with Gasteiger partial charge in [-0.05, 0) is 23.7 Å². The second-order valence-corrected chi connectivity index (χ2v) is 3.56. The predicted octanol–water partition coefficient (Wildman–Crippen LogP) is 2.40. The number of carboxylic acid groups (broad SMARTS) is 1. The lowest BCUT2D eigenvalue weighted by molar-refractivity contribution is 0.145. The van der Waals surface area contributed by atoms with Crippen LogP contribution >= 0.6 is 23.1 Å². The number of aromatic nitrogens is 2. The molecule has 2 aromatic rings. The summed E-state index contributed by atoms with van der Waals surface area (Å²) in [5.74, 6) is 0.0328. The molecule has 0 unspecified atom stereocenters.